The van der Waals surface area contributed by atoms with Crippen molar-refractivity contribution in [3.8, 4) is 0 Å². The minimum atomic E-state index is 0.501. The van der Waals surface area contributed by atoms with Crippen LogP contribution in [0.5, 0.6) is 0 Å². The molecule has 0 aromatic rings. The third kappa shape index (κ3) is 8.65. The normalized spacial score (nSPS) is 19.6. The highest BCUT2D eigenvalue weighted by atomic mass is 16.5. The van der Waals surface area contributed by atoms with Gasteiger partial charge in [0, 0.05) is 13.1 Å². The molecule has 1 aliphatic rings. The van der Waals surface area contributed by atoms with Gasteiger partial charge in [-0.15, -0.1) is 0 Å². The number of morpholine rings is 1. The molecule has 0 aliphatic carbocycles. The van der Waals surface area contributed by atoms with E-state index in [1.807, 2.05) is 0 Å². The van der Waals surface area contributed by atoms with Crippen molar-refractivity contribution in [3.63, 3.8) is 0 Å². The van der Waals surface area contributed by atoms with Gasteiger partial charge in [0.05, 0.1) is 13.2 Å². The van der Waals surface area contributed by atoms with E-state index in [4.69, 9.17) is 4.74 Å². The second-order valence-electron chi connectivity index (χ2n) is 7.32. The van der Waals surface area contributed by atoms with Crippen molar-refractivity contribution in [2.24, 2.45) is 11.3 Å². The van der Waals surface area contributed by atoms with E-state index in [0.717, 1.165) is 32.2 Å². The van der Waals surface area contributed by atoms with Crippen molar-refractivity contribution in [2.75, 3.05) is 32.8 Å². The van der Waals surface area contributed by atoms with Gasteiger partial charge in [0.25, 0.3) is 0 Å². The van der Waals surface area contributed by atoms with Crippen molar-refractivity contribution in [2.45, 2.75) is 66.2 Å². The van der Waals surface area contributed by atoms with Crippen molar-refractivity contribution in [1.82, 2.24) is 4.90 Å². The van der Waals surface area contributed by atoms with Gasteiger partial charge in [-0.2, -0.15) is 0 Å². The molecule has 0 aromatic heterocycles. The van der Waals surface area contributed by atoms with Gasteiger partial charge in [-0.25, -0.2) is 0 Å². The van der Waals surface area contributed by atoms with Crippen molar-refractivity contribution < 1.29 is 4.74 Å². The van der Waals surface area contributed by atoms with E-state index in [1.165, 1.54) is 45.1 Å². The fraction of sp³-hybridized carbons (Fsp3) is 1.00. The molecule has 1 fully saturated rings. The van der Waals surface area contributed by atoms with Crippen LogP contribution in [0.25, 0.3) is 0 Å². The molecule has 1 saturated heterocycles. The lowest BCUT2D eigenvalue weighted by atomic mass is 9.84. The summed E-state index contributed by atoms with van der Waals surface area (Å²) >= 11 is 0. The first-order valence-electron chi connectivity index (χ1n) is 8.31. The van der Waals surface area contributed by atoms with Crippen LogP contribution >= 0.6 is 0 Å². The Kier molecular flexibility index (Phi) is 8.01. The predicted octanol–water partition coefficient (Wildman–Crippen LogP) is 4.34. The minimum Gasteiger partial charge on any atom is -0.379 e. The van der Waals surface area contributed by atoms with Gasteiger partial charge >= 0.3 is 0 Å². The first-order chi connectivity index (χ1) is 9.01. The molecule has 0 N–H and O–H groups in total. The number of ether oxygens (including phenoxy) is 1. The summed E-state index contributed by atoms with van der Waals surface area (Å²) in [4.78, 5) is 2.56. The monoisotopic (exact) mass is 269 g/mol. The standard InChI is InChI=1S/C17H35NO/c1-5-16(9-10-17(2,3)4)8-6-7-11-18-12-14-19-15-13-18/h16H,5-15H2,1-4H3/t16-/m0/s1. The summed E-state index contributed by atoms with van der Waals surface area (Å²) in [5, 5.41) is 0. The Hall–Kier alpha value is -0.0800. The van der Waals surface area contributed by atoms with Crippen LogP contribution in [0.1, 0.15) is 66.2 Å². The van der Waals surface area contributed by atoms with E-state index in [-0.39, 0.29) is 0 Å². The number of unbranched alkanes of at least 4 members (excludes halogenated alkanes) is 1. The summed E-state index contributed by atoms with van der Waals surface area (Å²) < 4.78 is 5.38. The quantitative estimate of drug-likeness (QED) is 0.608. The molecule has 2 heteroatoms. The van der Waals surface area contributed by atoms with Crippen LogP contribution in [-0.2, 0) is 4.74 Å². The number of rotatable bonds is 8. The summed E-state index contributed by atoms with van der Waals surface area (Å²) in [6, 6.07) is 0. The zero-order chi connectivity index (χ0) is 14.1. The second kappa shape index (κ2) is 8.97. The lowest BCUT2D eigenvalue weighted by Gasteiger charge is -2.27. The summed E-state index contributed by atoms with van der Waals surface area (Å²) in [7, 11) is 0. The highest BCUT2D eigenvalue weighted by Gasteiger charge is 2.14. The predicted molar refractivity (Wildman–Crippen MR) is 83.6 cm³/mol. The van der Waals surface area contributed by atoms with Gasteiger partial charge in [-0.3, -0.25) is 4.90 Å². The highest BCUT2D eigenvalue weighted by molar-refractivity contribution is 4.67. The van der Waals surface area contributed by atoms with Crippen molar-refractivity contribution in [3.05, 3.63) is 0 Å². The van der Waals surface area contributed by atoms with Gasteiger partial charge in [0.2, 0.25) is 0 Å². The Morgan fingerprint density at radius 3 is 2.32 bits per heavy atom. The van der Waals surface area contributed by atoms with Gasteiger partial charge in [0.1, 0.15) is 0 Å². The Morgan fingerprint density at radius 2 is 1.74 bits per heavy atom. The molecular formula is C17H35NO. The van der Waals surface area contributed by atoms with Crippen LogP contribution in [0.3, 0.4) is 0 Å². The first kappa shape index (κ1) is 17.0. The zero-order valence-electron chi connectivity index (χ0n) is 13.7. The second-order valence-corrected chi connectivity index (χ2v) is 7.32. The van der Waals surface area contributed by atoms with E-state index in [1.54, 1.807) is 0 Å². The summed E-state index contributed by atoms with van der Waals surface area (Å²) in [5.74, 6) is 0.948. The van der Waals surface area contributed by atoms with Crippen LogP contribution in [0.2, 0.25) is 0 Å². The lowest BCUT2D eigenvalue weighted by molar-refractivity contribution is 0.0370. The van der Waals surface area contributed by atoms with E-state index in [0.29, 0.717) is 5.41 Å². The largest absolute Gasteiger partial charge is 0.379 e. The molecule has 1 aliphatic heterocycles. The molecule has 0 radical (unpaired) electrons. The summed E-state index contributed by atoms with van der Waals surface area (Å²) in [5.41, 5.74) is 0.501. The highest BCUT2D eigenvalue weighted by Crippen LogP contribution is 2.27. The smallest absolute Gasteiger partial charge is 0.0594 e. The van der Waals surface area contributed by atoms with E-state index < -0.39 is 0 Å². The molecule has 0 aromatic carbocycles. The molecule has 114 valence electrons. The Labute approximate surface area is 120 Å². The van der Waals surface area contributed by atoms with Crippen LogP contribution in [0.4, 0.5) is 0 Å². The molecule has 2 nitrogen and oxygen atoms in total. The Morgan fingerprint density at radius 1 is 1.05 bits per heavy atom. The Bertz CT molecular complexity index is 216. The molecule has 1 atom stereocenters. The molecule has 0 amide bonds. The molecule has 1 rings (SSSR count). The molecule has 0 unspecified atom stereocenters. The topological polar surface area (TPSA) is 12.5 Å². The zero-order valence-corrected chi connectivity index (χ0v) is 13.7. The van der Waals surface area contributed by atoms with Gasteiger partial charge in [-0.05, 0) is 37.1 Å². The van der Waals surface area contributed by atoms with Crippen LogP contribution < -0.4 is 0 Å². The van der Waals surface area contributed by atoms with E-state index >= 15 is 0 Å². The molecule has 0 bridgehead atoms. The molecular weight excluding hydrogens is 234 g/mol. The van der Waals surface area contributed by atoms with Crippen molar-refractivity contribution in [1.29, 1.82) is 0 Å². The molecule has 19 heavy (non-hydrogen) atoms. The average molecular weight is 269 g/mol. The van der Waals surface area contributed by atoms with Crippen LogP contribution in [0.15, 0.2) is 0 Å². The third-order valence-corrected chi connectivity index (χ3v) is 4.32. The summed E-state index contributed by atoms with van der Waals surface area (Å²) in [6.07, 6.45) is 8.34. The number of nitrogens with zero attached hydrogens (tertiary/aromatic N) is 1. The van der Waals surface area contributed by atoms with Gasteiger partial charge in [-0.1, -0.05) is 47.0 Å². The van der Waals surface area contributed by atoms with Gasteiger partial charge in [0.15, 0.2) is 0 Å². The molecule has 0 saturated carbocycles. The number of hydrogen-bond acceptors (Lipinski definition) is 2. The third-order valence-electron chi connectivity index (χ3n) is 4.32. The maximum atomic E-state index is 5.38. The van der Waals surface area contributed by atoms with Gasteiger partial charge < -0.3 is 4.74 Å². The van der Waals surface area contributed by atoms with E-state index in [2.05, 4.69) is 32.6 Å². The number of hydrogen-bond donors (Lipinski definition) is 0. The SMILES string of the molecule is CC[C@@H](CCCCN1CCOCC1)CCC(C)(C)C. The van der Waals surface area contributed by atoms with Crippen molar-refractivity contribution >= 4 is 0 Å². The molecule has 0 spiro atoms. The molecule has 1 heterocycles. The van der Waals surface area contributed by atoms with E-state index in [9.17, 15) is 0 Å². The van der Waals surface area contributed by atoms with Crippen LogP contribution in [0, 0.1) is 11.3 Å². The average Bonchev–Trinajstić information content (AvgIpc) is 2.38. The first-order valence-corrected chi connectivity index (χ1v) is 8.31. The lowest BCUT2D eigenvalue weighted by Crippen LogP contribution is -2.36. The summed E-state index contributed by atoms with van der Waals surface area (Å²) in [6.45, 7) is 14.9. The fourth-order valence-electron chi connectivity index (χ4n) is 2.78. The maximum absolute atomic E-state index is 5.38. The van der Waals surface area contributed by atoms with Crippen LogP contribution in [-0.4, -0.2) is 37.7 Å². The maximum Gasteiger partial charge on any atom is 0.0594 e. The minimum absolute atomic E-state index is 0.501. The Balaban J connectivity index is 2.05. The fourth-order valence-corrected chi connectivity index (χ4v) is 2.78.